The summed E-state index contributed by atoms with van der Waals surface area (Å²) in [5.74, 6) is -0.635. The van der Waals surface area contributed by atoms with E-state index in [1.165, 1.54) is 10.5 Å². The van der Waals surface area contributed by atoms with Crippen LogP contribution in [-0.4, -0.2) is 40.3 Å². The molecule has 5 heteroatoms. The maximum atomic E-state index is 12.2. The number of hydrogen-bond donors (Lipinski definition) is 1. The molecule has 2 atom stereocenters. The Labute approximate surface area is 119 Å². The summed E-state index contributed by atoms with van der Waals surface area (Å²) >= 11 is 0. The summed E-state index contributed by atoms with van der Waals surface area (Å²) in [5, 5.41) is 9.38. The van der Waals surface area contributed by atoms with E-state index in [1.807, 2.05) is 0 Å². The number of carbonyl (C=O) groups excluding carboxylic acids is 1. The van der Waals surface area contributed by atoms with Crippen molar-refractivity contribution in [3.63, 3.8) is 0 Å². The first-order valence-corrected chi connectivity index (χ1v) is 7.19. The molecule has 1 saturated heterocycles. The smallest absolute Gasteiger partial charge is 0.411 e. The monoisotopic (exact) mass is 281 g/mol. The van der Waals surface area contributed by atoms with Gasteiger partial charge in [-0.3, -0.25) is 4.90 Å². The summed E-state index contributed by atoms with van der Waals surface area (Å²) in [6, 6.07) is -0.773. The molecule has 0 aromatic carbocycles. The van der Waals surface area contributed by atoms with Crippen molar-refractivity contribution in [3.05, 3.63) is 11.6 Å². The van der Waals surface area contributed by atoms with Gasteiger partial charge in [0.2, 0.25) is 0 Å². The van der Waals surface area contributed by atoms with Gasteiger partial charge in [0.25, 0.3) is 0 Å². The molecule has 0 bridgehead atoms. The third kappa shape index (κ3) is 3.32. The zero-order chi connectivity index (χ0) is 14.9. The maximum Gasteiger partial charge on any atom is 0.411 e. The van der Waals surface area contributed by atoms with Crippen molar-refractivity contribution in [1.29, 1.82) is 0 Å². The third-order valence-corrected chi connectivity index (χ3v) is 3.84. The highest BCUT2D eigenvalue weighted by Gasteiger charge is 2.40. The summed E-state index contributed by atoms with van der Waals surface area (Å²) < 4.78 is 5.33. The first kappa shape index (κ1) is 14.9. The second-order valence-electron chi connectivity index (χ2n) is 6.60. The minimum atomic E-state index is -0.944. The van der Waals surface area contributed by atoms with Crippen molar-refractivity contribution < 1.29 is 19.4 Å². The number of likely N-dealkylation sites (tertiary alicyclic amines) is 1. The van der Waals surface area contributed by atoms with E-state index in [4.69, 9.17) is 4.74 Å². The Morgan fingerprint density at radius 3 is 2.70 bits per heavy atom. The second kappa shape index (κ2) is 5.46. The molecule has 1 aliphatic heterocycles. The van der Waals surface area contributed by atoms with Gasteiger partial charge < -0.3 is 9.84 Å². The number of aliphatic carboxylic acids is 1. The highest BCUT2D eigenvalue weighted by molar-refractivity contribution is 5.81. The molecule has 1 N–H and O–H groups in total. The number of rotatable bonds is 1. The molecule has 0 radical (unpaired) electrons. The van der Waals surface area contributed by atoms with E-state index in [-0.39, 0.29) is 0 Å². The van der Waals surface area contributed by atoms with Crippen molar-refractivity contribution in [1.82, 2.24) is 4.90 Å². The summed E-state index contributed by atoms with van der Waals surface area (Å²) in [4.78, 5) is 25.0. The molecule has 1 heterocycles. The molecule has 1 aliphatic carbocycles. The highest BCUT2D eigenvalue weighted by Crippen LogP contribution is 2.35. The zero-order valence-electron chi connectivity index (χ0n) is 12.4. The van der Waals surface area contributed by atoms with Crippen molar-refractivity contribution in [3.8, 4) is 0 Å². The molecule has 5 nitrogen and oxygen atoms in total. The number of carboxylic acids is 1. The predicted molar refractivity (Wildman–Crippen MR) is 74.4 cm³/mol. The van der Waals surface area contributed by atoms with Gasteiger partial charge in [-0.05, 0) is 52.4 Å². The average molecular weight is 281 g/mol. The number of hydrogen-bond acceptors (Lipinski definition) is 3. The third-order valence-electron chi connectivity index (χ3n) is 3.84. The lowest BCUT2D eigenvalue weighted by atomic mass is 9.79. The molecular weight excluding hydrogens is 258 g/mol. The molecule has 112 valence electrons. The maximum absolute atomic E-state index is 12.2. The van der Waals surface area contributed by atoms with E-state index in [2.05, 4.69) is 6.08 Å². The van der Waals surface area contributed by atoms with Crippen LogP contribution >= 0.6 is 0 Å². The molecule has 1 fully saturated rings. The normalized spacial score (nSPS) is 26.6. The van der Waals surface area contributed by atoms with Crippen molar-refractivity contribution in [2.24, 2.45) is 5.92 Å². The number of ether oxygens (including phenoxy) is 1. The van der Waals surface area contributed by atoms with E-state index < -0.39 is 23.7 Å². The Morgan fingerprint density at radius 2 is 2.10 bits per heavy atom. The Kier molecular flexibility index (Phi) is 4.06. The van der Waals surface area contributed by atoms with Gasteiger partial charge in [0.05, 0.1) is 0 Å². The fourth-order valence-corrected chi connectivity index (χ4v) is 2.92. The minimum absolute atomic E-state index is 0.309. The Balaban J connectivity index is 2.17. The molecule has 20 heavy (non-hydrogen) atoms. The van der Waals surface area contributed by atoms with Crippen LogP contribution in [0.1, 0.15) is 46.5 Å². The van der Waals surface area contributed by atoms with Gasteiger partial charge in [-0.1, -0.05) is 11.6 Å². The SMILES string of the molecule is CC(C)(C)OC(=O)N1CC2=CCCC[C@@H]2C[C@H]1C(=O)O. The van der Waals surface area contributed by atoms with E-state index >= 15 is 0 Å². The standard InChI is InChI=1S/C15H23NO4/c1-15(2,3)20-14(19)16-9-11-7-5-4-6-10(11)8-12(16)13(17)18/h7,10,12H,4-6,8-9H2,1-3H3,(H,17,18)/t10-,12+/m1/s1. The number of carbonyl (C=O) groups is 2. The van der Waals surface area contributed by atoms with Crippen molar-refractivity contribution in [2.75, 3.05) is 6.54 Å². The molecule has 0 aromatic rings. The van der Waals surface area contributed by atoms with Crippen LogP contribution in [0.25, 0.3) is 0 Å². The highest BCUT2D eigenvalue weighted by atomic mass is 16.6. The number of piperidine rings is 1. The van der Waals surface area contributed by atoms with Crippen LogP contribution in [0.4, 0.5) is 4.79 Å². The van der Waals surface area contributed by atoms with Gasteiger partial charge in [-0.25, -0.2) is 9.59 Å². The Hall–Kier alpha value is -1.52. The van der Waals surface area contributed by atoms with Crippen LogP contribution < -0.4 is 0 Å². The largest absolute Gasteiger partial charge is 0.480 e. The molecule has 2 aliphatic rings. The fourth-order valence-electron chi connectivity index (χ4n) is 2.92. The van der Waals surface area contributed by atoms with Gasteiger partial charge >= 0.3 is 12.1 Å². The van der Waals surface area contributed by atoms with Crippen LogP contribution in [0.15, 0.2) is 11.6 Å². The topological polar surface area (TPSA) is 66.8 Å². The lowest BCUT2D eigenvalue weighted by Crippen LogP contribution is -2.52. The zero-order valence-corrected chi connectivity index (χ0v) is 12.4. The summed E-state index contributed by atoms with van der Waals surface area (Å²) in [6.45, 7) is 5.74. The summed E-state index contributed by atoms with van der Waals surface area (Å²) in [5.41, 5.74) is 0.581. The molecule has 0 spiro atoms. The molecule has 0 saturated carbocycles. The van der Waals surface area contributed by atoms with E-state index in [0.29, 0.717) is 18.9 Å². The van der Waals surface area contributed by atoms with Gasteiger partial charge in [0.15, 0.2) is 0 Å². The van der Waals surface area contributed by atoms with Gasteiger partial charge in [-0.15, -0.1) is 0 Å². The van der Waals surface area contributed by atoms with E-state index in [9.17, 15) is 14.7 Å². The van der Waals surface area contributed by atoms with Gasteiger partial charge in [0, 0.05) is 6.54 Å². The van der Waals surface area contributed by atoms with Crippen LogP contribution in [0.5, 0.6) is 0 Å². The fraction of sp³-hybridized carbons (Fsp3) is 0.733. The Morgan fingerprint density at radius 1 is 1.40 bits per heavy atom. The number of nitrogens with zero attached hydrogens (tertiary/aromatic N) is 1. The lowest BCUT2D eigenvalue weighted by molar-refractivity contribution is -0.144. The molecule has 0 unspecified atom stereocenters. The average Bonchev–Trinajstić information content (AvgIpc) is 2.35. The first-order valence-electron chi connectivity index (χ1n) is 7.19. The number of carboxylic acid groups (broad SMARTS) is 1. The van der Waals surface area contributed by atoms with Crippen LogP contribution in [0.3, 0.4) is 0 Å². The van der Waals surface area contributed by atoms with Crippen LogP contribution in [-0.2, 0) is 9.53 Å². The van der Waals surface area contributed by atoms with E-state index in [0.717, 1.165) is 19.3 Å². The molecule has 1 amide bonds. The number of allylic oxidation sites excluding steroid dienone is 1. The van der Waals surface area contributed by atoms with Crippen molar-refractivity contribution in [2.45, 2.75) is 58.1 Å². The number of fused-ring (bicyclic) bond motifs is 1. The summed E-state index contributed by atoms with van der Waals surface area (Å²) in [6.07, 6.45) is 5.27. The summed E-state index contributed by atoms with van der Waals surface area (Å²) in [7, 11) is 0. The predicted octanol–water partition coefficient (Wildman–Crippen LogP) is 2.81. The van der Waals surface area contributed by atoms with Crippen LogP contribution in [0.2, 0.25) is 0 Å². The van der Waals surface area contributed by atoms with Crippen molar-refractivity contribution >= 4 is 12.1 Å². The molecular formula is C15H23NO4. The Bertz CT molecular complexity index is 436. The van der Waals surface area contributed by atoms with Gasteiger partial charge in [0.1, 0.15) is 11.6 Å². The second-order valence-corrected chi connectivity index (χ2v) is 6.60. The van der Waals surface area contributed by atoms with E-state index in [1.54, 1.807) is 20.8 Å². The van der Waals surface area contributed by atoms with Crippen LogP contribution in [0, 0.1) is 5.92 Å². The molecule has 0 aromatic heterocycles. The lowest BCUT2D eigenvalue weighted by Gasteiger charge is -2.40. The first-order chi connectivity index (χ1) is 9.28. The number of amides is 1. The molecule has 2 rings (SSSR count). The minimum Gasteiger partial charge on any atom is -0.480 e. The van der Waals surface area contributed by atoms with Gasteiger partial charge in [-0.2, -0.15) is 0 Å². The quantitative estimate of drug-likeness (QED) is 0.750.